The summed E-state index contributed by atoms with van der Waals surface area (Å²) >= 11 is 9.06. The minimum Gasteiger partial charge on any atom is -0.294 e. The minimum absolute atomic E-state index is 0.00678. The van der Waals surface area contributed by atoms with Crippen LogP contribution in [0.3, 0.4) is 0 Å². The first-order valence-electron chi connectivity index (χ1n) is 5.70. The van der Waals surface area contributed by atoms with Gasteiger partial charge in [-0.3, -0.25) is 4.79 Å². The maximum absolute atomic E-state index is 13.0. The molecule has 0 radical (unpaired) electrons. The largest absolute Gasteiger partial charge is 0.294 e. The van der Waals surface area contributed by atoms with Gasteiger partial charge in [-0.05, 0) is 42.3 Å². The lowest BCUT2D eigenvalue weighted by Crippen LogP contribution is -2.05. The fourth-order valence-corrected chi connectivity index (χ4v) is 2.55. The van der Waals surface area contributed by atoms with E-state index in [0.717, 1.165) is 10.0 Å². The van der Waals surface area contributed by atoms with Gasteiger partial charge in [0.05, 0.1) is 5.02 Å². The number of benzene rings is 2. The van der Waals surface area contributed by atoms with Gasteiger partial charge in [-0.2, -0.15) is 0 Å². The molecular formula is C15H11BrClFO. The lowest BCUT2D eigenvalue weighted by atomic mass is 9.99. The van der Waals surface area contributed by atoms with E-state index in [0.29, 0.717) is 11.1 Å². The van der Waals surface area contributed by atoms with Crippen molar-refractivity contribution in [2.45, 2.75) is 13.3 Å². The number of Topliss-reactive ketones (excluding diaryl/α,β-unsaturated/α-hetero) is 1. The van der Waals surface area contributed by atoms with E-state index in [4.69, 9.17) is 11.6 Å². The number of hydrogen-bond donors (Lipinski definition) is 0. The number of aryl methyl sites for hydroxylation is 1. The molecular weight excluding hydrogens is 331 g/mol. The second-order valence-corrected chi connectivity index (χ2v) is 5.63. The highest BCUT2D eigenvalue weighted by Gasteiger charge is 2.11. The monoisotopic (exact) mass is 340 g/mol. The van der Waals surface area contributed by atoms with E-state index in [1.54, 1.807) is 12.1 Å². The highest BCUT2D eigenvalue weighted by Crippen LogP contribution is 2.20. The summed E-state index contributed by atoms with van der Waals surface area (Å²) in [5, 5.41) is 0.0397. The molecule has 98 valence electrons. The zero-order valence-corrected chi connectivity index (χ0v) is 12.6. The summed E-state index contributed by atoms with van der Waals surface area (Å²) in [6.07, 6.45) is 0.211. The molecule has 0 bridgehead atoms. The Morgan fingerprint density at radius 1 is 1.26 bits per heavy atom. The van der Waals surface area contributed by atoms with Gasteiger partial charge in [0.1, 0.15) is 5.82 Å². The van der Waals surface area contributed by atoms with Gasteiger partial charge in [0.25, 0.3) is 0 Å². The highest BCUT2D eigenvalue weighted by molar-refractivity contribution is 9.10. The second-order valence-electron chi connectivity index (χ2n) is 4.31. The van der Waals surface area contributed by atoms with E-state index in [-0.39, 0.29) is 17.2 Å². The van der Waals surface area contributed by atoms with E-state index in [1.165, 1.54) is 12.1 Å². The smallest absolute Gasteiger partial charge is 0.167 e. The van der Waals surface area contributed by atoms with E-state index >= 15 is 0 Å². The molecule has 0 N–H and O–H groups in total. The molecule has 19 heavy (non-hydrogen) atoms. The van der Waals surface area contributed by atoms with Crippen molar-refractivity contribution in [2.75, 3.05) is 0 Å². The molecule has 0 aliphatic heterocycles. The Morgan fingerprint density at radius 2 is 2.00 bits per heavy atom. The van der Waals surface area contributed by atoms with Crippen LogP contribution >= 0.6 is 27.5 Å². The number of hydrogen-bond acceptors (Lipinski definition) is 1. The Kier molecular flexibility index (Phi) is 4.38. The van der Waals surface area contributed by atoms with Crippen LogP contribution in [-0.2, 0) is 6.42 Å². The molecule has 2 aromatic carbocycles. The third-order valence-electron chi connectivity index (χ3n) is 2.84. The van der Waals surface area contributed by atoms with Gasteiger partial charge in [0, 0.05) is 16.5 Å². The first-order valence-corrected chi connectivity index (χ1v) is 6.88. The number of halogens is 3. The van der Waals surface area contributed by atoms with Gasteiger partial charge in [0.2, 0.25) is 0 Å². The second kappa shape index (κ2) is 5.85. The average Bonchev–Trinajstić information content (AvgIpc) is 2.33. The third kappa shape index (κ3) is 3.43. The molecule has 4 heteroatoms. The third-order valence-corrected chi connectivity index (χ3v) is 3.62. The van der Waals surface area contributed by atoms with E-state index in [9.17, 15) is 9.18 Å². The van der Waals surface area contributed by atoms with Crippen molar-refractivity contribution in [3.63, 3.8) is 0 Å². The molecule has 0 unspecified atom stereocenters. The number of rotatable bonds is 3. The summed E-state index contributed by atoms with van der Waals surface area (Å²) in [7, 11) is 0. The zero-order chi connectivity index (χ0) is 14.0. The summed E-state index contributed by atoms with van der Waals surface area (Å²) in [5.41, 5.74) is 2.29. The van der Waals surface area contributed by atoms with Crippen LogP contribution in [0.25, 0.3) is 0 Å². The molecule has 0 amide bonds. The van der Waals surface area contributed by atoms with Crippen LogP contribution in [0, 0.1) is 12.7 Å². The van der Waals surface area contributed by atoms with E-state index < -0.39 is 5.82 Å². The Morgan fingerprint density at radius 3 is 2.63 bits per heavy atom. The fraction of sp³-hybridized carbons (Fsp3) is 0.133. The fourth-order valence-electron chi connectivity index (χ4n) is 1.87. The molecule has 2 aromatic rings. The van der Waals surface area contributed by atoms with Gasteiger partial charge >= 0.3 is 0 Å². The van der Waals surface area contributed by atoms with Gasteiger partial charge in [0.15, 0.2) is 5.78 Å². The lowest BCUT2D eigenvalue weighted by Gasteiger charge is -2.06. The molecule has 0 saturated carbocycles. The predicted octanol–water partition coefficient (Wildman–Crippen LogP) is 4.98. The molecule has 0 atom stereocenters. The number of carbonyl (C=O) groups excluding carboxylic acids is 1. The topological polar surface area (TPSA) is 17.1 Å². The van der Waals surface area contributed by atoms with Crippen LogP contribution in [0.2, 0.25) is 5.02 Å². The van der Waals surface area contributed by atoms with Gasteiger partial charge in [-0.25, -0.2) is 4.39 Å². The predicted molar refractivity (Wildman–Crippen MR) is 78.3 cm³/mol. The lowest BCUT2D eigenvalue weighted by molar-refractivity contribution is 0.0992. The van der Waals surface area contributed by atoms with Crippen LogP contribution in [-0.4, -0.2) is 5.78 Å². The van der Waals surface area contributed by atoms with Crippen LogP contribution in [0.1, 0.15) is 21.5 Å². The van der Waals surface area contributed by atoms with Crippen molar-refractivity contribution in [3.05, 3.63) is 68.4 Å². The van der Waals surface area contributed by atoms with Crippen LogP contribution < -0.4 is 0 Å². The van der Waals surface area contributed by atoms with Crippen molar-refractivity contribution in [1.29, 1.82) is 0 Å². The number of carbonyl (C=O) groups is 1. The molecule has 2 rings (SSSR count). The van der Waals surface area contributed by atoms with Gasteiger partial charge < -0.3 is 0 Å². The van der Waals surface area contributed by atoms with Crippen molar-refractivity contribution in [1.82, 2.24) is 0 Å². The number of ketones is 1. The summed E-state index contributed by atoms with van der Waals surface area (Å²) in [6, 6.07) is 9.85. The molecule has 1 nitrogen and oxygen atoms in total. The van der Waals surface area contributed by atoms with E-state index in [1.807, 2.05) is 19.1 Å². The summed E-state index contributed by atoms with van der Waals surface area (Å²) < 4.78 is 14.0. The minimum atomic E-state index is -0.474. The Labute approximate surface area is 124 Å². The molecule has 0 aliphatic rings. The quantitative estimate of drug-likeness (QED) is 0.720. The average molecular weight is 342 g/mol. The van der Waals surface area contributed by atoms with Crippen molar-refractivity contribution in [2.24, 2.45) is 0 Å². The van der Waals surface area contributed by atoms with Crippen LogP contribution in [0.5, 0.6) is 0 Å². The molecule has 0 aliphatic carbocycles. The van der Waals surface area contributed by atoms with Crippen molar-refractivity contribution < 1.29 is 9.18 Å². The Balaban J connectivity index is 2.23. The van der Waals surface area contributed by atoms with Crippen molar-refractivity contribution in [3.8, 4) is 0 Å². The zero-order valence-electron chi connectivity index (χ0n) is 10.2. The molecule has 0 spiro atoms. The molecule has 0 aromatic heterocycles. The Bertz CT molecular complexity index is 640. The normalized spacial score (nSPS) is 10.5. The summed E-state index contributed by atoms with van der Waals surface area (Å²) in [5.74, 6) is -0.481. The van der Waals surface area contributed by atoms with Gasteiger partial charge in [-0.15, -0.1) is 0 Å². The summed E-state index contributed by atoms with van der Waals surface area (Å²) in [6.45, 7) is 1.88. The summed E-state index contributed by atoms with van der Waals surface area (Å²) in [4.78, 5) is 12.2. The molecule has 0 fully saturated rings. The van der Waals surface area contributed by atoms with E-state index in [2.05, 4.69) is 15.9 Å². The SMILES string of the molecule is Cc1cc(Br)ccc1C(=O)Cc1ccc(F)c(Cl)c1. The Hall–Kier alpha value is -1.19. The molecule has 0 saturated heterocycles. The van der Waals surface area contributed by atoms with Gasteiger partial charge in [-0.1, -0.05) is 39.7 Å². The highest BCUT2D eigenvalue weighted by atomic mass is 79.9. The van der Waals surface area contributed by atoms with Crippen molar-refractivity contribution >= 4 is 33.3 Å². The van der Waals surface area contributed by atoms with Crippen LogP contribution in [0.4, 0.5) is 4.39 Å². The molecule has 0 heterocycles. The maximum atomic E-state index is 13.0. The van der Waals surface area contributed by atoms with Crippen LogP contribution in [0.15, 0.2) is 40.9 Å². The maximum Gasteiger partial charge on any atom is 0.167 e. The standard InChI is InChI=1S/C15H11BrClFO/c1-9-6-11(16)3-4-12(9)15(19)8-10-2-5-14(18)13(17)7-10/h2-7H,8H2,1H3. The first kappa shape index (κ1) is 14.2. The first-order chi connectivity index (χ1) is 8.97.